The van der Waals surface area contributed by atoms with E-state index in [1.54, 1.807) is 17.2 Å². The molecule has 12 heteroatoms. The fourth-order valence-corrected chi connectivity index (χ4v) is 3.20. The average Bonchev–Trinajstić information content (AvgIpc) is 2.70. The predicted octanol–water partition coefficient (Wildman–Crippen LogP) is -0.542. The Hall–Kier alpha value is -2.47. The van der Waals surface area contributed by atoms with Crippen LogP contribution in [0, 0.1) is 10.1 Å². The first-order valence-corrected chi connectivity index (χ1v) is 10.5. The zero-order chi connectivity index (χ0) is 22.4. The number of esters is 1. The number of unbranched alkanes of at least 4 members (excludes halogenated alkanes) is 2. The molecular formula is C18H35N7O5. The van der Waals surface area contributed by atoms with Crippen molar-refractivity contribution in [2.45, 2.75) is 51.5 Å². The Balaban J connectivity index is 2.16. The summed E-state index contributed by atoms with van der Waals surface area (Å²) in [6.45, 7) is 6.36. The Morgan fingerprint density at radius 1 is 1.20 bits per heavy atom. The third kappa shape index (κ3) is 10.9. The summed E-state index contributed by atoms with van der Waals surface area (Å²) in [7, 11) is 0. The molecule has 1 saturated heterocycles. The lowest BCUT2D eigenvalue weighted by Gasteiger charge is -2.36. The van der Waals surface area contributed by atoms with Gasteiger partial charge in [0.15, 0.2) is 5.03 Å². The molecule has 0 saturated carbocycles. The van der Waals surface area contributed by atoms with Crippen LogP contribution in [0.25, 0.3) is 0 Å². The monoisotopic (exact) mass is 429 g/mol. The van der Waals surface area contributed by atoms with E-state index in [2.05, 4.69) is 9.89 Å². The number of hydrogen-bond donors (Lipinski definition) is 3. The van der Waals surface area contributed by atoms with Gasteiger partial charge in [-0.15, -0.1) is 0 Å². The Bertz CT molecular complexity index is 579. The second kappa shape index (κ2) is 14.5. The molecule has 1 aliphatic rings. The summed E-state index contributed by atoms with van der Waals surface area (Å²) in [6, 6.07) is -0.612. The highest BCUT2D eigenvalue weighted by Gasteiger charge is 2.24. The summed E-state index contributed by atoms with van der Waals surface area (Å²) in [4.78, 5) is 41.9. The predicted molar refractivity (Wildman–Crippen MR) is 112 cm³/mol. The first-order valence-electron chi connectivity index (χ1n) is 10.5. The summed E-state index contributed by atoms with van der Waals surface area (Å²) in [5, 5.41) is 9.43. The van der Waals surface area contributed by atoms with Gasteiger partial charge in [0.05, 0.1) is 12.6 Å². The molecule has 1 heterocycles. The first-order chi connectivity index (χ1) is 14.3. The standard InChI is InChI=1S/C18H35N7O5/c1-2-30-16(26)8-4-3-5-10-23-11-13-24(14-12-23)17(27)15(19)7-6-9-21-18(20)22-25(28)29/h15H,2-14,19H2,1H3,(H3,20,21,22)/t15-/m0/s1. The van der Waals surface area contributed by atoms with E-state index in [4.69, 9.17) is 16.2 Å². The number of hydrogen-bond acceptors (Lipinski definition) is 8. The number of nitro groups is 1. The van der Waals surface area contributed by atoms with Crippen LogP contribution in [0.4, 0.5) is 0 Å². The number of carbonyl (C=O) groups is 2. The third-order valence-corrected chi connectivity index (χ3v) is 4.82. The Kier molecular flexibility index (Phi) is 12.4. The summed E-state index contributed by atoms with van der Waals surface area (Å²) in [5.41, 5.74) is 13.1. The van der Waals surface area contributed by atoms with Crippen LogP contribution >= 0.6 is 0 Å². The topological polar surface area (TPSA) is 169 Å². The van der Waals surface area contributed by atoms with Crippen LogP contribution in [0.3, 0.4) is 0 Å². The van der Waals surface area contributed by atoms with Crippen molar-refractivity contribution in [3.05, 3.63) is 10.1 Å². The number of ether oxygens (including phenoxy) is 1. The van der Waals surface area contributed by atoms with E-state index in [-0.39, 0.29) is 24.4 Å². The molecule has 30 heavy (non-hydrogen) atoms. The summed E-state index contributed by atoms with van der Waals surface area (Å²) in [6.07, 6.45) is 4.25. The minimum atomic E-state index is -0.781. The average molecular weight is 430 g/mol. The number of rotatable bonds is 13. The van der Waals surface area contributed by atoms with Crippen molar-refractivity contribution >= 4 is 17.8 Å². The van der Waals surface area contributed by atoms with Gasteiger partial charge < -0.3 is 21.1 Å². The number of aliphatic imine (C=N–C) groups is 1. The molecule has 0 aromatic heterocycles. The van der Waals surface area contributed by atoms with Gasteiger partial charge in [0.2, 0.25) is 5.91 Å². The molecule has 0 radical (unpaired) electrons. The van der Waals surface area contributed by atoms with Gasteiger partial charge in [-0.25, -0.2) is 15.1 Å². The minimum Gasteiger partial charge on any atom is -0.466 e. The van der Waals surface area contributed by atoms with Gasteiger partial charge >= 0.3 is 5.97 Å². The highest BCUT2D eigenvalue weighted by molar-refractivity contribution is 5.81. The van der Waals surface area contributed by atoms with Gasteiger partial charge in [-0.2, -0.15) is 0 Å². The lowest BCUT2D eigenvalue weighted by atomic mass is 10.1. The maximum absolute atomic E-state index is 12.5. The van der Waals surface area contributed by atoms with Crippen molar-refractivity contribution in [1.29, 1.82) is 0 Å². The van der Waals surface area contributed by atoms with E-state index >= 15 is 0 Å². The van der Waals surface area contributed by atoms with Crippen molar-refractivity contribution in [2.75, 3.05) is 45.9 Å². The van der Waals surface area contributed by atoms with Gasteiger partial charge in [0.1, 0.15) is 0 Å². The van der Waals surface area contributed by atoms with Crippen LogP contribution in [-0.2, 0) is 14.3 Å². The second-order valence-electron chi connectivity index (χ2n) is 7.17. The largest absolute Gasteiger partial charge is 0.466 e. The number of amides is 1. The maximum atomic E-state index is 12.5. The third-order valence-electron chi connectivity index (χ3n) is 4.82. The van der Waals surface area contributed by atoms with Gasteiger partial charge in [-0.1, -0.05) is 11.8 Å². The van der Waals surface area contributed by atoms with E-state index < -0.39 is 11.1 Å². The van der Waals surface area contributed by atoms with Crippen molar-refractivity contribution in [2.24, 2.45) is 16.5 Å². The Morgan fingerprint density at radius 3 is 2.53 bits per heavy atom. The van der Waals surface area contributed by atoms with Crippen molar-refractivity contribution < 1.29 is 19.4 Å². The molecule has 5 N–H and O–H groups in total. The Labute approximate surface area is 177 Å². The smallest absolute Gasteiger partial charge is 0.305 e. The first kappa shape index (κ1) is 25.6. The summed E-state index contributed by atoms with van der Waals surface area (Å²) >= 11 is 0. The van der Waals surface area contributed by atoms with E-state index in [9.17, 15) is 19.7 Å². The van der Waals surface area contributed by atoms with E-state index in [0.29, 0.717) is 39.0 Å². The molecule has 12 nitrogen and oxygen atoms in total. The zero-order valence-electron chi connectivity index (χ0n) is 17.8. The van der Waals surface area contributed by atoms with Crippen LogP contribution in [0.5, 0.6) is 0 Å². The molecule has 0 aliphatic carbocycles. The molecule has 0 aromatic carbocycles. The molecule has 172 valence electrons. The number of nitrogens with one attached hydrogen (secondary N) is 1. The molecule has 1 atom stereocenters. The molecule has 1 aliphatic heterocycles. The number of carbonyl (C=O) groups excluding carboxylic acids is 2. The van der Waals surface area contributed by atoms with Crippen LogP contribution < -0.4 is 16.9 Å². The van der Waals surface area contributed by atoms with Crippen LogP contribution in [-0.4, -0.2) is 84.6 Å². The van der Waals surface area contributed by atoms with Gasteiger partial charge in [-0.3, -0.25) is 14.5 Å². The number of guanidine groups is 1. The molecule has 1 fully saturated rings. The highest BCUT2D eigenvalue weighted by atomic mass is 16.7. The van der Waals surface area contributed by atoms with Crippen LogP contribution in [0.1, 0.15) is 45.4 Å². The molecule has 1 rings (SSSR count). The molecular weight excluding hydrogens is 394 g/mol. The van der Waals surface area contributed by atoms with Gasteiger partial charge in [-0.05, 0) is 39.2 Å². The summed E-state index contributed by atoms with van der Waals surface area (Å²) < 4.78 is 4.91. The van der Waals surface area contributed by atoms with Crippen LogP contribution in [0.2, 0.25) is 0 Å². The molecule has 0 bridgehead atoms. The number of nitrogens with zero attached hydrogens (tertiary/aromatic N) is 4. The minimum absolute atomic E-state index is 0.0792. The second-order valence-corrected chi connectivity index (χ2v) is 7.17. The van der Waals surface area contributed by atoms with Crippen molar-refractivity contribution in [3.8, 4) is 0 Å². The number of piperazine rings is 1. The molecule has 0 spiro atoms. The number of nitrogens with two attached hydrogens (primary N) is 2. The lowest BCUT2D eigenvalue weighted by Crippen LogP contribution is -2.53. The van der Waals surface area contributed by atoms with Gasteiger partial charge in [0, 0.05) is 39.1 Å². The SMILES string of the molecule is CCOC(=O)CCCCCN1CCN(C(=O)[C@@H](N)CCCN=C(N)N[N+](=O)[O-])CC1. The van der Waals surface area contributed by atoms with E-state index in [0.717, 1.165) is 38.9 Å². The lowest BCUT2D eigenvalue weighted by molar-refractivity contribution is -0.525. The van der Waals surface area contributed by atoms with E-state index in [1.807, 2.05) is 0 Å². The Morgan fingerprint density at radius 2 is 1.90 bits per heavy atom. The zero-order valence-corrected chi connectivity index (χ0v) is 17.8. The number of hydrazine groups is 1. The van der Waals surface area contributed by atoms with Crippen LogP contribution in [0.15, 0.2) is 4.99 Å². The highest BCUT2D eigenvalue weighted by Crippen LogP contribution is 2.09. The molecule has 0 unspecified atom stereocenters. The van der Waals surface area contributed by atoms with Gasteiger partial charge in [0.25, 0.3) is 5.96 Å². The molecule has 1 amide bonds. The fourth-order valence-electron chi connectivity index (χ4n) is 3.20. The maximum Gasteiger partial charge on any atom is 0.305 e. The summed E-state index contributed by atoms with van der Waals surface area (Å²) in [5.74, 6) is -0.481. The normalized spacial score (nSPS) is 16.2. The van der Waals surface area contributed by atoms with E-state index in [1.165, 1.54) is 0 Å². The molecule has 0 aromatic rings. The van der Waals surface area contributed by atoms with Crippen molar-refractivity contribution in [1.82, 2.24) is 15.2 Å². The quantitative estimate of drug-likeness (QED) is 0.0868. The van der Waals surface area contributed by atoms with Crippen molar-refractivity contribution in [3.63, 3.8) is 0 Å². The fraction of sp³-hybridized carbons (Fsp3) is 0.833.